The first-order valence-electron chi connectivity index (χ1n) is 9.63. The number of anilines is 2. The molecule has 3 rings (SSSR count). The van der Waals surface area contributed by atoms with Crippen LogP contribution in [0.2, 0.25) is 0 Å². The second-order valence-electron chi connectivity index (χ2n) is 6.41. The van der Waals surface area contributed by atoms with Crippen LogP contribution in [0.25, 0.3) is 11.5 Å². The minimum absolute atomic E-state index is 0.173. The molecule has 0 atom stereocenters. The number of rotatable bonds is 7. The summed E-state index contributed by atoms with van der Waals surface area (Å²) >= 11 is 1.37. The molecule has 0 aliphatic carbocycles. The SMILES string of the molecule is CCNC(=NC)Nc1nc(C)ncc1CSc1nnc(-c2ccccc2NC(C)=O)o1. The van der Waals surface area contributed by atoms with Gasteiger partial charge in [0.1, 0.15) is 11.6 Å². The van der Waals surface area contributed by atoms with Crippen molar-refractivity contribution in [3.05, 3.63) is 41.9 Å². The third-order valence-corrected chi connectivity index (χ3v) is 4.88. The Morgan fingerprint density at radius 1 is 1.23 bits per heavy atom. The lowest BCUT2D eigenvalue weighted by molar-refractivity contribution is -0.114. The normalized spacial score (nSPS) is 11.3. The summed E-state index contributed by atoms with van der Waals surface area (Å²) in [6, 6.07) is 7.27. The number of hydrogen-bond acceptors (Lipinski definition) is 8. The molecule has 2 heterocycles. The first kappa shape index (κ1) is 22.2. The van der Waals surface area contributed by atoms with E-state index in [-0.39, 0.29) is 5.91 Å². The number of benzene rings is 1. The van der Waals surface area contributed by atoms with Gasteiger partial charge >= 0.3 is 0 Å². The van der Waals surface area contributed by atoms with Crippen LogP contribution >= 0.6 is 11.8 Å². The van der Waals surface area contributed by atoms with Crippen LogP contribution in [0.1, 0.15) is 25.2 Å². The Bertz CT molecular complexity index is 1080. The molecule has 0 saturated heterocycles. The number of aliphatic imine (C=N–C) groups is 1. The standard InChI is InChI=1S/C20H24N8O2S/c1-5-22-19(21-4)26-17-14(10-23-12(2)24-17)11-31-20-28-27-18(30-20)15-8-6-7-9-16(15)25-13(3)29/h6-10H,5,11H2,1-4H3,(H,25,29)(H2,21,22,23,24,26). The molecule has 1 aromatic carbocycles. The van der Waals surface area contributed by atoms with Crippen molar-refractivity contribution in [2.45, 2.75) is 31.7 Å². The van der Waals surface area contributed by atoms with Crippen LogP contribution in [0, 0.1) is 6.92 Å². The number of para-hydroxylation sites is 1. The lowest BCUT2D eigenvalue weighted by Crippen LogP contribution is -2.31. The highest BCUT2D eigenvalue weighted by atomic mass is 32.2. The number of guanidine groups is 1. The lowest BCUT2D eigenvalue weighted by Gasteiger charge is -2.13. The van der Waals surface area contributed by atoms with Gasteiger partial charge in [-0.3, -0.25) is 9.79 Å². The van der Waals surface area contributed by atoms with Crippen LogP contribution in [-0.4, -0.2) is 45.6 Å². The van der Waals surface area contributed by atoms with Crippen LogP contribution in [0.5, 0.6) is 0 Å². The molecule has 0 spiro atoms. The van der Waals surface area contributed by atoms with Gasteiger partial charge in [0.25, 0.3) is 11.1 Å². The van der Waals surface area contributed by atoms with Gasteiger partial charge in [0.2, 0.25) is 5.91 Å². The number of aromatic nitrogens is 4. The van der Waals surface area contributed by atoms with Gasteiger partial charge in [0, 0.05) is 38.0 Å². The van der Waals surface area contributed by atoms with E-state index in [1.54, 1.807) is 19.3 Å². The van der Waals surface area contributed by atoms with Crippen LogP contribution in [0.4, 0.5) is 11.5 Å². The minimum atomic E-state index is -0.173. The van der Waals surface area contributed by atoms with Crippen LogP contribution in [0.3, 0.4) is 0 Å². The van der Waals surface area contributed by atoms with Crippen molar-refractivity contribution < 1.29 is 9.21 Å². The van der Waals surface area contributed by atoms with Gasteiger partial charge in [-0.1, -0.05) is 23.9 Å². The Kier molecular flexibility index (Phi) is 7.55. The number of nitrogens with one attached hydrogen (secondary N) is 3. The molecular weight excluding hydrogens is 416 g/mol. The van der Waals surface area contributed by atoms with Crippen molar-refractivity contribution in [3.8, 4) is 11.5 Å². The second kappa shape index (κ2) is 10.5. The molecule has 0 radical (unpaired) electrons. The van der Waals surface area contributed by atoms with Crippen molar-refractivity contribution in [3.63, 3.8) is 0 Å². The third kappa shape index (κ3) is 6.01. The zero-order chi connectivity index (χ0) is 22.2. The highest BCUT2D eigenvalue weighted by Crippen LogP contribution is 2.31. The number of thioether (sulfide) groups is 1. The summed E-state index contributed by atoms with van der Waals surface area (Å²) in [5.41, 5.74) is 2.14. The van der Waals surface area contributed by atoms with Crippen LogP contribution in [-0.2, 0) is 10.5 Å². The van der Waals surface area contributed by atoms with E-state index >= 15 is 0 Å². The summed E-state index contributed by atoms with van der Waals surface area (Å²) in [7, 11) is 1.70. The fourth-order valence-electron chi connectivity index (χ4n) is 2.65. The van der Waals surface area contributed by atoms with E-state index in [0.29, 0.717) is 45.7 Å². The maximum Gasteiger partial charge on any atom is 0.277 e. The van der Waals surface area contributed by atoms with Crippen molar-refractivity contribution in [2.75, 3.05) is 24.2 Å². The number of aryl methyl sites for hydroxylation is 1. The smallest absolute Gasteiger partial charge is 0.277 e. The number of hydrogen-bond donors (Lipinski definition) is 3. The van der Waals surface area contributed by atoms with E-state index in [2.05, 4.69) is 41.1 Å². The Morgan fingerprint density at radius 2 is 2.03 bits per heavy atom. The quantitative estimate of drug-likeness (QED) is 0.288. The topological polar surface area (TPSA) is 130 Å². The molecule has 2 aromatic heterocycles. The van der Waals surface area contributed by atoms with E-state index in [0.717, 1.165) is 12.1 Å². The maximum absolute atomic E-state index is 11.4. The van der Waals surface area contributed by atoms with E-state index in [9.17, 15) is 4.79 Å². The highest BCUT2D eigenvalue weighted by Gasteiger charge is 2.15. The van der Waals surface area contributed by atoms with E-state index in [1.807, 2.05) is 32.0 Å². The predicted molar refractivity (Wildman–Crippen MR) is 121 cm³/mol. The molecule has 0 bridgehead atoms. The lowest BCUT2D eigenvalue weighted by atomic mass is 10.2. The summed E-state index contributed by atoms with van der Waals surface area (Å²) in [4.78, 5) is 24.4. The molecule has 11 heteroatoms. The second-order valence-corrected chi connectivity index (χ2v) is 7.33. The van der Waals surface area contributed by atoms with Gasteiger partial charge in [-0.2, -0.15) is 0 Å². The molecule has 162 valence electrons. The Labute approximate surface area is 184 Å². The number of nitrogens with zero attached hydrogens (tertiary/aromatic N) is 5. The molecule has 31 heavy (non-hydrogen) atoms. The molecule has 0 aliphatic heterocycles. The molecule has 0 unspecified atom stereocenters. The largest absolute Gasteiger partial charge is 0.411 e. The molecule has 0 saturated carbocycles. The Morgan fingerprint density at radius 3 is 2.77 bits per heavy atom. The maximum atomic E-state index is 11.4. The minimum Gasteiger partial charge on any atom is -0.411 e. The predicted octanol–water partition coefficient (Wildman–Crippen LogP) is 3.09. The first-order chi connectivity index (χ1) is 15.0. The third-order valence-electron chi connectivity index (χ3n) is 4.02. The van der Waals surface area contributed by atoms with Crippen molar-refractivity contribution in [1.29, 1.82) is 0 Å². The zero-order valence-electron chi connectivity index (χ0n) is 17.8. The van der Waals surface area contributed by atoms with E-state index in [4.69, 9.17) is 4.42 Å². The number of amides is 1. The molecular formula is C20H24N8O2S. The van der Waals surface area contributed by atoms with Gasteiger partial charge in [0.15, 0.2) is 5.96 Å². The van der Waals surface area contributed by atoms with Crippen molar-refractivity contribution in [1.82, 2.24) is 25.5 Å². The monoisotopic (exact) mass is 440 g/mol. The molecule has 1 amide bonds. The van der Waals surface area contributed by atoms with Gasteiger partial charge in [-0.15, -0.1) is 10.2 Å². The van der Waals surface area contributed by atoms with E-state index in [1.165, 1.54) is 18.7 Å². The Balaban J connectivity index is 1.75. The van der Waals surface area contributed by atoms with Gasteiger partial charge < -0.3 is 20.4 Å². The fraction of sp³-hybridized carbons (Fsp3) is 0.300. The summed E-state index contributed by atoms with van der Waals surface area (Å²) in [5.74, 6) is 2.61. The molecule has 3 aromatic rings. The van der Waals surface area contributed by atoms with Crippen molar-refractivity contribution in [2.24, 2.45) is 4.99 Å². The number of carbonyl (C=O) groups is 1. The summed E-state index contributed by atoms with van der Waals surface area (Å²) < 4.78 is 5.81. The summed E-state index contributed by atoms with van der Waals surface area (Å²) in [6.07, 6.45) is 1.76. The Hall–Kier alpha value is -3.47. The highest BCUT2D eigenvalue weighted by molar-refractivity contribution is 7.98. The van der Waals surface area contributed by atoms with Crippen molar-refractivity contribution >= 4 is 35.1 Å². The number of carbonyl (C=O) groups excluding carboxylic acids is 1. The average Bonchev–Trinajstić information content (AvgIpc) is 3.21. The van der Waals surface area contributed by atoms with E-state index < -0.39 is 0 Å². The molecule has 3 N–H and O–H groups in total. The summed E-state index contributed by atoms with van der Waals surface area (Å²) in [5, 5.41) is 17.8. The molecule has 0 fully saturated rings. The summed E-state index contributed by atoms with van der Waals surface area (Å²) in [6.45, 7) is 6.01. The fourth-order valence-corrected chi connectivity index (χ4v) is 3.38. The van der Waals surface area contributed by atoms with Crippen LogP contribution < -0.4 is 16.0 Å². The first-order valence-corrected chi connectivity index (χ1v) is 10.6. The van der Waals surface area contributed by atoms with Gasteiger partial charge in [0.05, 0.1) is 11.3 Å². The zero-order valence-corrected chi connectivity index (χ0v) is 18.6. The van der Waals surface area contributed by atoms with Crippen LogP contribution in [0.15, 0.2) is 45.1 Å². The van der Waals surface area contributed by atoms with Gasteiger partial charge in [-0.25, -0.2) is 9.97 Å². The average molecular weight is 441 g/mol. The van der Waals surface area contributed by atoms with Gasteiger partial charge in [-0.05, 0) is 26.0 Å². The molecule has 0 aliphatic rings. The molecule has 10 nitrogen and oxygen atoms in total.